The Morgan fingerprint density at radius 1 is 0.941 bits per heavy atom. The lowest BCUT2D eigenvalue weighted by atomic mass is 9.72. The van der Waals surface area contributed by atoms with Crippen molar-refractivity contribution in [3.63, 3.8) is 0 Å². The van der Waals surface area contributed by atoms with Crippen molar-refractivity contribution in [2.45, 2.75) is 17.9 Å². The minimum atomic E-state index is -1.42. The van der Waals surface area contributed by atoms with E-state index in [4.69, 9.17) is 4.74 Å². The maximum absolute atomic E-state index is 13.9. The molecule has 1 aromatic heterocycles. The molecule has 0 bridgehead atoms. The molecule has 4 aromatic rings. The number of nitrogens with zero attached hydrogens (tertiary/aromatic N) is 1. The van der Waals surface area contributed by atoms with Gasteiger partial charge < -0.3 is 10.1 Å². The zero-order valence-corrected chi connectivity index (χ0v) is 18.5. The maximum atomic E-state index is 13.9. The topological polar surface area (TPSA) is 93.2 Å². The van der Waals surface area contributed by atoms with Crippen LogP contribution < -0.4 is 15.6 Å². The van der Waals surface area contributed by atoms with Gasteiger partial charge in [0, 0.05) is 47.0 Å². The Bertz CT molecular complexity index is 1420. The van der Waals surface area contributed by atoms with Crippen molar-refractivity contribution in [2.75, 3.05) is 12.4 Å². The summed E-state index contributed by atoms with van der Waals surface area (Å²) in [5.74, 6) is -0.595. The smallest absolute Gasteiger partial charge is 0.264 e. The molecule has 0 saturated heterocycles. The van der Waals surface area contributed by atoms with Crippen molar-refractivity contribution in [1.82, 2.24) is 9.78 Å². The molecule has 0 fully saturated rings. The molecule has 0 saturated carbocycles. The summed E-state index contributed by atoms with van der Waals surface area (Å²) in [7, 11) is 1.56. The van der Waals surface area contributed by atoms with Gasteiger partial charge in [-0.15, -0.1) is 0 Å². The van der Waals surface area contributed by atoms with Crippen LogP contribution in [0.25, 0.3) is 0 Å². The summed E-state index contributed by atoms with van der Waals surface area (Å²) in [5, 5.41) is 5.74. The number of rotatable bonds is 7. The predicted octanol–water partition coefficient (Wildman–Crippen LogP) is 3.94. The third-order valence-electron chi connectivity index (χ3n) is 6.42. The van der Waals surface area contributed by atoms with Gasteiger partial charge in [-0.1, -0.05) is 66.7 Å². The summed E-state index contributed by atoms with van der Waals surface area (Å²) in [6, 6.07) is 25.0. The van der Waals surface area contributed by atoms with Gasteiger partial charge in [-0.25, -0.2) is 0 Å². The van der Waals surface area contributed by atoms with Crippen LogP contribution in [0.1, 0.15) is 33.8 Å². The number of anilines is 1. The van der Waals surface area contributed by atoms with E-state index in [2.05, 4.69) is 10.4 Å². The molecular weight excluding hydrogens is 430 g/mol. The van der Waals surface area contributed by atoms with Crippen LogP contribution in [0.4, 0.5) is 5.69 Å². The third-order valence-corrected chi connectivity index (χ3v) is 6.42. The molecule has 7 heteroatoms. The van der Waals surface area contributed by atoms with Crippen LogP contribution in [0.2, 0.25) is 0 Å². The van der Waals surface area contributed by atoms with E-state index in [0.717, 1.165) is 0 Å². The van der Waals surface area contributed by atoms with E-state index in [1.807, 2.05) is 60.7 Å². The lowest BCUT2D eigenvalue weighted by Gasteiger charge is -2.37. The van der Waals surface area contributed by atoms with Crippen LogP contribution in [0.15, 0.2) is 95.9 Å². The van der Waals surface area contributed by atoms with Crippen LogP contribution in [0.5, 0.6) is 5.75 Å². The highest BCUT2D eigenvalue weighted by molar-refractivity contribution is 6.08. The highest BCUT2D eigenvalue weighted by atomic mass is 16.5. The van der Waals surface area contributed by atoms with Crippen LogP contribution in [-0.4, -0.2) is 28.6 Å². The van der Waals surface area contributed by atoms with Crippen molar-refractivity contribution in [3.05, 3.63) is 118 Å². The number of benzene rings is 3. The first kappa shape index (κ1) is 21.5. The summed E-state index contributed by atoms with van der Waals surface area (Å²) < 4.78 is 7.18. The number of carbonyl (C=O) groups excluding carboxylic acids is 2. The van der Waals surface area contributed by atoms with Gasteiger partial charge in [0.25, 0.3) is 11.5 Å². The number of aromatic nitrogens is 2. The number of nitrogens with one attached hydrogen (secondary N) is 2. The number of para-hydroxylation sites is 2. The number of hydrogen-bond acceptors (Lipinski definition) is 4. The number of Topliss-reactive ketones (excluding diaryl/α,β-unsaturated/α-hetero) is 1. The van der Waals surface area contributed by atoms with Gasteiger partial charge in [-0.3, -0.25) is 24.2 Å². The van der Waals surface area contributed by atoms with Crippen molar-refractivity contribution in [2.24, 2.45) is 0 Å². The summed E-state index contributed by atoms with van der Waals surface area (Å²) in [4.78, 5) is 39.7. The van der Waals surface area contributed by atoms with E-state index in [1.165, 1.54) is 10.7 Å². The molecule has 0 unspecified atom stereocenters. The average Bonchev–Trinajstić information content (AvgIpc) is 3.43. The van der Waals surface area contributed by atoms with Crippen molar-refractivity contribution in [3.8, 4) is 5.75 Å². The number of H-pyrrole nitrogens is 1. The number of ether oxygens (including phenoxy) is 1. The van der Waals surface area contributed by atoms with Crippen LogP contribution in [0, 0.1) is 0 Å². The zero-order chi connectivity index (χ0) is 23.7. The fourth-order valence-electron chi connectivity index (χ4n) is 4.92. The first-order valence-corrected chi connectivity index (χ1v) is 11.0. The van der Waals surface area contributed by atoms with Crippen molar-refractivity contribution < 1.29 is 14.3 Å². The van der Waals surface area contributed by atoms with Gasteiger partial charge in [-0.2, -0.15) is 0 Å². The minimum absolute atomic E-state index is 0.00630. The number of aromatic amines is 1. The van der Waals surface area contributed by atoms with E-state index < -0.39 is 11.5 Å². The molecule has 0 spiro atoms. The SMILES string of the molecule is COc1ccccc1[C@@H](CC(=O)c1ccccc1)[C@@]1(n2ccc(=O)[nH]2)C(=O)Nc2ccccc21. The van der Waals surface area contributed by atoms with Crippen LogP contribution >= 0.6 is 0 Å². The van der Waals surface area contributed by atoms with E-state index in [-0.39, 0.29) is 23.7 Å². The standard InChI is InChI=1S/C27H23N3O4/c1-34-24-14-8-5-11-19(24)21(17-23(31)18-9-3-2-4-10-18)27(30-16-15-25(32)29-30)20-12-6-7-13-22(20)28-26(27)33/h2-16,21H,17H2,1H3,(H,28,33)(H,29,32)/t21-,27-/m1/s1. The maximum Gasteiger partial charge on any atom is 0.264 e. The Hall–Kier alpha value is -4.39. The number of methoxy groups -OCH3 is 1. The highest BCUT2D eigenvalue weighted by Crippen LogP contribution is 2.51. The second-order valence-electron chi connectivity index (χ2n) is 8.22. The fourth-order valence-corrected chi connectivity index (χ4v) is 4.92. The van der Waals surface area contributed by atoms with Crippen LogP contribution in [-0.2, 0) is 10.3 Å². The Morgan fingerprint density at radius 2 is 1.65 bits per heavy atom. The summed E-state index contributed by atoms with van der Waals surface area (Å²) >= 11 is 0. The number of hydrogen-bond donors (Lipinski definition) is 2. The van der Waals surface area contributed by atoms with E-state index >= 15 is 0 Å². The van der Waals surface area contributed by atoms with Crippen molar-refractivity contribution in [1.29, 1.82) is 0 Å². The minimum Gasteiger partial charge on any atom is -0.496 e. The van der Waals surface area contributed by atoms with Gasteiger partial charge in [0.1, 0.15) is 5.75 Å². The molecule has 7 nitrogen and oxygen atoms in total. The second kappa shape index (κ2) is 8.51. The summed E-state index contributed by atoms with van der Waals surface area (Å²) in [6.45, 7) is 0. The lowest BCUT2D eigenvalue weighted by molar-refractivity contribution is -0.123. The quantitative estimate of drug-likeness (QED) is 0.415. The number of amides is 1. The van der Waals surface area contributed by atoms with E-state index in [9.17, 15) is 14.4 Å². The van der Waals surface area contributed by atoms with Gasteiger partial charge in [0.05, 0.1) is 7.11 Å². The van der Waals surface area contributed by atoms with Gasteiger partial charge in [0.15, 0.2) is 11.3 Å². The fraction of sp³-hybridized carbons (Fsp3) is 0.148. The third kappa shape index (κ3) is 3.33. The molecular formula is C27H23N3O4. The normalized spacial score (nSPS) is 17.6. The Labute approximate surface area is 196 Å². The average molecular weight is 453 g/mol. The number of fused-ring (bicyclic) bond motifs is 1. The first-order valence-electron chi connectivity index (χ1n) is 11.0. The lowest BCUT2D eigenvalue weighted by Crippen LogP contribution is -2.48. The van der Waals surface area contributed by atoms with Crippen LogP contribution in [0.3, 0.4) is 0 Å². The largest absolute Gasteiger partial charge is 0.496 e. The summed E-state index contributed by atoms with van der Waals surface area (Å²) in [6.07, 6.45) is 1.56. The molecule has 3 aromatic carbocycles. The highest BCUT2D eigenvalue weighted by Gasteiger charge is 2.56. The molecule has 2 heterocycles. The molecule has 1 aliphatic rings. The Kier molecular flexibility index (Phi) is 5.37. The first-order chi connectivity index (χ1) is 16.6. The molecule has 170 valence electrons. The number of carbonyl (C=O) groups is 2. The van der Waals surface area contributed by atoms with E-state index in [1.54, 1.807) is 31.5 Å². The van der Waals surface area contributed by atoms with Gasteiger partial charge >= 0.3 is 0 Å². The Balaban J connectivity index is 1.79. The Morgan fingerprint density at radius 3 is 2.38 bits per heavy atom. The van der Waals surface area contributed by atoms with Gasteiger partial charge in [0.2, 0.25) is 0 Å². The molecule has 0 radical (unpaired) electrons. The molecule has 1 amide bonds. The summed E-state index contributed by atoms with van der Waals surface area (Å²) in [5.41, 5.74) is 0.779. The molecule has 5 rings (SSSR count). The molecule has 0 aliphatic carbocycles. The molecule has 2 N–H and O–H groups in total. The van der Waals surface area contributed by atoms with E-state index in [0.29, 0.717) is 28.1 Å². The number of ketones is 1. The zero-order valence-electron chi connectivity index (χ0n) is 18.5. The van der Waals surface area contributed by atoms with Gasteiger partial charge in [-0.05, 0) is 12.1 Å². The molecule has 1 aliphatic heterocycles. The second-order valence-corrected chi connectivity index (χ2v) is 8.22. The van der Waals surface area contributed by atoms with Crippen molar-refractivity contribution >= 4 is 17.4 Å². The monoisotopic (exact) mass is 453 g/mol. The predicted molar refractivity (Wildman–Crippen MR) is 128 cm³/mol. The molecule has 2 atom stereocenters. The molecule has 34 heavy (non-hydrogen) atoms.